The Morgan fingerprint density at radius 1 is 0.906 bits per heavy atom. The van der Waals surface area contributed by atoms with Crippen LogP contribution in [0.1, 0.15) is 11.1 Å². The van der Waals surface area contributed by atoms with Crippen molar-refractivity contribution >= 4 is 22.6 Å². The Morgan fingerprint density at radius 2 is 1.59 bits per heavy atom. The SMILES string of the molecule is COc1ccc(OCCOc2c(-c3ccccc3Cl)oc3c(C)cc(C)cc3c2=O)cc1. The van der Waals surface area contributed by atoms with Crippen LogP contribution in [0.2, 0.25) is 5.02 Å². The van der Waals surface area contributed by atoms with Gasteiger partial charge in [-0.05, 0) is 67.4 Å². The molecule has 0 radical (unpaired) electrons. The molecule has 0 unspecified atom stereocenters. The van der Waals surface area contributed by atoms with Crippen LogP contribution in [0.25, 0.3) is 22.3 Å². The molecule has 4 aromatic rings. The normalized spacial score (nSPS) is 10.9. The van der Waals surface area contributed by atoms with Crippen LogP contribution >= 0.6 is 11.6 Å². The molecule has 3 aromatic carbocycles. The molecule has 164 valence electrons. The first-order chi connectivity index (χ1) is 15.5. The first kappa shape index (κ1) is 21.8. The zero-order valence-corrected chi connectivity index (χ0v) is 18.9. The third kappa shape index (κ3) is 4.43. The van der Waals surface area contributed by atoms with Gasteiger partial charge in [0.1, 0.15) is 30.3 Å². The molecule has 0 atom stereocenters. The molecule has 6 heteroatoms. The monoisotopic (exact) mass is 450 g/mol. The Labute approximate surface area is 191 Å². The standard InChI is InChI=1S/C26H23ClO5/c1-16-14-17(2)24-21(15-16)23(28)26(25(32-24)20-6-4-5-7-22(20)27)31-13-12-30-19-10-8-18(29-3)9-11-19/h4-11,14-15H,12-13H2,1-3H3. The van der Waals surface area contributed by atoms with E-state index in [1.54, 1.807) is 19.2 Å². The van der Waals surface area contributed by atoms with Crippen molar-refractivity contribution in [1.29, 1.82) is 0 Å². The van der Waals surface area contributed by atoms with E-state index in [1.807, 2.05) is 62.4 Å². The van der Waals surface area contributed by atoms with Crippen LogP contribution < -0.4 is 19.6 Å². The van der Waals surface area contributed by atoms with E-state index in [9.17, 15) is 4.79 Å². The van der Waals surface area contributed by atoms with Gasteiger partial charge in [-0.15, -0.1) is 0 Å². The minimum Gasteiger partial charge on any atom is -0.497 e. The van der Waals surface area contributed by atoms with Gasteiger partial charge >= 0.3 is 0 Å². The second kappa shape index (κ2) is 9.37. The molecule has 4 rings (SSSR count). The molecule has 0 aliphatic heterocycles. The van der Waals surface area contributed by atoms with E-state index in [-0.39, 0.29) is 24.4 Å². The van der Waals surface area contributed by atoms with Crippen LogP contribution in [0.15, 0.2) is 69.9 Å². The zero-order valence-electron chi connectivity index (χ0n) is 18.1. The van der Waals surface area contributed by atoms with E-state index < -0.39 is 0 Å². The van der Waals surface area contributed by atoms with E-state index >= 15 is 0 Å². The molecule has 0 N–H and O–H groups in total. The van der Waals surface area contributed by atoms with Crippen molar-refractivity contribution in [2.75, 3.05) is 20.3 Å². The average molecular weight is 451 g/mol. The topological polar surface area (TPSA) is 57.9 Å². The molecule has 5 nitrogen and oxygen atoms in total. The molecule has 0 spiro atoms. The van der Waals surface area contributed by atoms with Gasteiger partial charge in [0.15, 0.2) is 5.76 Å². The van der Waals surface area contributed by atoms with Crippen molar-refractivity contribution in [3.8, 4) is 28.6 Å². The number of aryl methyl sites for hydroxylation is 2. The van der Waals surface area contributed by atoms with Crippen LogP contribution in [-0.2, 0) is 0 Å². The number of fused-ring (bicyclic) bond motifs is 1. The molecule has 1 heterocycles. The van der Waals surface area contributed by atoms with Gasteiger partial charge in [-0.1, -0.05) is 29.8 Å². The summed E-state index contributed by atoms with van der Waals surface area (Å²) in [5.74, 6) is 1.85. The van der Waals surface area contributed by atoms with E-state index in [4.69, 9.17) is 30.2 Å². The smallest absolute Gasteiger partial charge is 0.235 e. The predicted molar refractivity (Wildman–Crippen MR) is 126 cm³/mol. The van der Waals surface area contributed by atoms with Crippen molar-refractivity contribution < 1.29 is 18.6 Å². The number of hydrogen-bond donors (Lipinski definition) is 0. The van der Waals surface area contributed by atoms with E-state index in [0.29, 0.717) is 33.1 Å². The minimum absolute atomic E-state index is 0.119. The number of benzene rings is 3. The zero-order chi connectivity index (χ0) is 22.7. The second-order valence-electron chi connectivity index (χ2n) is 7.40. The van der Waals surface area contributed by atoms with Gasteiger partial charge in [-0.2, -0.15) is 0 Å². The quantitative estimate of drug-likeness (QED) is 0.314. The van der Waals surface area contributed by atoms with Crippen molar-refractivity contribution in [3.05, 3.63) is 87.0 Å². The van der Waals surface area contributed by atoms with Crippen molar-refractivity contribution in [3.63, 3.8) is 0 Å². The molecular weight excluding hydrogens is 428 g/mol. The molecule has 0 amide bonds. The van der Waals surface area contributed by atoms with Crippen LogP contribution in [0.5, 0.6) is 17.2 Å². The van der Waals surface area contributed by atoms with E-state index in [0.717, 1.165) is 16.9 Å². The lowest BCUT2D eigenvalue weighted by Gasteiger charge is -2.14. The fourth-order valence-corrected chi connectivity index (χ4v) is 3.78. The molecule has 1 aromatic heterocycles. The second-order valence-corrected chi connectivity index (χ2v) is 7.81. The van der Waals surface area contributed by atoms with Crippen molar-refractivity contribution in [2.45, 2.75) is 13.8 Å². The van der Waals surface area contributed by atoms with Crippen LogP contribution in [-0.4, -0.2) is 20.3 Å². The number of rotatable bonds is 7. The molecule has 32 heavy (non-hydrogen) atoms. The van der Waals surface area contributed by atoms with Crippen LogP contribution in [0.3, 0.4) is 0 Å². The summed E-state index contributed by atoms with van der Waals surface area (Å²) >= 11 is 6.41. The summed E-state index contributed by atoms with van der Waals surface area (Å²) < 4.78 is 23.0. The molecule has 0 bridgehead atoms. The maximum Gasteiger partial charge on any atom is 0.235 e. The Hall–Kier alpha value is -3.44. The highest BCUT2D eigenvalue weighted by molar-refractivity contribution is 6.33. The number of halogens is 1. The highest BCUT2D eigenvalue weighted by atomic mass is 35.5. The van der Waals surface area contributed by atoms with Crippen LogP contribution in [0.4, 0.5) is 0 Å². The van der Waals surface area contributed by atoms with Crippen LogP contribution in [0, 0.1) is 13.8 Å². The van der Waals surface area contributed by atoms with Gasteiger partial charge in [-0.3, -0.25) is 4.79 Å². The molecule has 0 saturated heterocycles. The van der Waals surface area contributed by atoms with Crippen molar-refractivity contribution in [2.24, 2.45) is 0 Å². The third-order valence-corrected chi connectivity index (χ3v) is 5.39. The first-order valence-electron chi connectivity index (χ1n) is 10.2. The van der Waals surface area contributed by atoms with E-state index in [1.165, 1.54) is 0 Å². The number of hydrogen-bond acceptors (Lipinski definition) is 5. The summed E-state index contributed by atoms with van der Waals surface area (Å²) in [6.07, 6.45) is 0. The molecule has 0 fully saturated rings. The van der Waals surface area contributed by atoms with Gasteiger partial charge in [0, 0.05) is 5.56 Å². The fraction of sp³-hybridized carbons (Fsp3) is 0.192. The van der Waals surface area contributed by atoms with Gasteiger partial charge in [-0.25, -0.2) is 0 Å². The summed E-state index contributed by atoms with van der Waals surface area (Å²) in [5.41, 5.74) is 2.73. The first-order valence-corrected chi connectivity index (χ1v) is 10.6. The summed E-state index contributed by atoms with van der Waals surface area (Å²) in [6, 6.07) is 18.2. The maximum atomic E-state index is 13.4. The van der Waals surface area contributed by atoms with Crippen molar-refractivity contribution in [1.82, 2.24) is 0 Å². The van der Waals surface area contributed by atoms with Gasteiger partial charge in [0.25, 0.3) is 0 Å². The third-order valence-electron chi connectivity index (χ3n) is 5.06. The minimum atomic E-state index is -0.239. The Bertz CT molecular complexity index is 1310. The number of methoxy groups -OCH3 is 1. The summed E-state index contributed by atoms with van der Waals surface area (Å²) in [4.78, 5) is 13.4. The maximum absolute atomic E-state index is 13.4. The van der Waals surface area contributed by atoms with Gasteiger partial charge in [0.2, 0.25) is 11.2 Å². The van der Waals surface area contributed by atoms with E-state index in [2.05, 4.69) is 0 Å². The van der Waals surface area contributed by atoms with Gasteiger partial charge in [0.05, 0.1) is 17.5 Å². The average Bonchev–Trinajstić information content (AvgIpc) is 2.79. The summed E-state index contributed by atoms with van der Waals surface area (Å²) in [7, 11) is 1.61. The molecule has 0 aliphatic rings. The number of ether oxygens (including phenoxy) is 3. The Morgan fingerprint density at radius 3 is 2.31 bits per heavy atom. The largest absolute Gasteiger partial charge is 0.497 e. The lowest BCUT2D eigenvalue weighted by Crippen LogP contribution is -2.15. The summed E-state index contributed by atoms with van der Waals surface area (Å²) in [5, 5.41) is 0.948. The fourth-order valence-electron chi connectivity index (χ4n) is 3.56. The van der Waals surface area contributed by atoms with Gasteiger partial charge < -0.3 is 18.6 Å². The lowest BCUT2D eigenvalue weighted by molar-refractivity contribution is 0.214. The Balaban J connectivity index is 1.67. The highest BCUT2D eigenvalue weighted by Gasteiger charge is 2.20. The Kier molecular flexibility index (Phi) is 6.37. The molecular formula is C26H23ClO5. The summed E-state index contributed by atoms with van der Waals surface area (Å²) in [6.45, 7) is 4.26. The molecule has 0 aliphatic carbocycles. The molecule has 0 saturated carbocycles. The highest BCUT2D eigenvalue weighted by Crippen LogP contribution is 2.36. The predicted octanol–water partition coefficient (Wildman–Crippen LogP) is 6.20. The lowest BCUT2D eigenvalue weighted by atomic mass is 10.1.